The van der Waals surface area contributed by atoms with E-state index in [4.69, 9.17) is 0 Å². The number of rotatable bonds is 6. The fourth-order valence-electron chi connectivity index (χ4n) is 4.97. The first-order chi connectivity index (χ1) is 16.5. The number of carbonyl (C=O) groups excluding carboxylic acids is 3. The van der Waals surface area contributed by atoms with Gasteiger partial charge in [0, 0.05) is 43.4 Å². The molecule has 1 aromatic carbocycles. The summed E-state index contributed by atoms with van der Waals surface area (Å²) in [4.78, 5) is 51.8. The Morgan fingerprint density at radius 2 is 2.09 bits per heavy atom. The van der Waals surface area contributed by atoms with Crippen molar-refractivity contribution in [2.24, 2.45) is 0 Å². The molecule has 174 valence electrons. The summed E-state index contributed by atoms with van der Waals surface area (Å²) in [7, 11) is 0. The summed E-state index contributed by atoms with van der Waals surface area (Å²) in [6.45, 7) is 0.617. The van der Waals surface area contributed by atoms with Gasteiger partial charge in [0.25, 0.3) is 0 Å². The molecule has 2 saturated heterocycles. The number of nitrogens with zero attached hydrogens (tertiary/aromatic N) is 4. The Kier molecular flexibility index (Phi) is 5.95. The number of benzene rings is 1. The summed E-state index contributed by atoms with van der Waals surface area (Å²) >= 11 is 1.49. The lowest BCUT2D eigenvalue weighted by Crippen LogP contribution is -2.43. The van der Waals surface area contributed by atoms with Crippen LogP contribution in [-0.2, 0) is 26.3 Å². The number of amides is 3. The van der Waals surface area contributed by atoms with Crippen LogP contribution in [0.3, 0.4) is 0 Å². The zero-order chi connectivity index (χ0) is 23.7. The van der Waals surface area contributed by atoms with Crippen molar-refractivity contribution in [2.45, 2.75) is 43.7 Å². The van der Waals surface area contributed by atoms with Crippen LogP contribution in [0, 0.1) is 5.82 Å². The average Bonchev–Trinajstić information content (AvgIpc) is 3.57. The molecular formula is C25H23FN4O3S. The fourth-order valence-corrected chi connectivity index (χ4v) is 5.75. The molecule has 34 heavy (non-hydrogen) atoms. The van der Waals surface area contributed by atoms with E-state index >= 15 is 0 Å². The molecule has 0 spiro atoms. The van der Waals surface area contributed by atoms with Gasteiger partial charge in [-0.15, -0.1) is 11.3 Å². The molecule has 2 atom stereocenters. The third-order valence-electron chi connectivity index (χ3n) is 6.61. The highest BCUT2D eigenvalue weighted by Crippen LogP contribution is 2.43. The van der Waals surface area contributed by atoms with E-state index in [0.29, 0.717) is 17.7 Å². The maximum absolute atomic E-state index is 14.2. The first-order valence-electron chi connectivity index (χ1n) is 11.2. The van der Waals surface area contributed by atoms with Crippen molar-refractivity contribution in [2.75, 3.05) is 6.54 Å². The van der Waals surface area contributed by atoms with E-state index in [1.165, 1.54) is 29.5 Å². The van der Waals surface area contributed by atoms with Gasteiger partial charge in [-0.2, -0.15) is 0 Å². The van der Waals surface area contributed by atoms with Gasteiger partial charge >= 0.3 is 0 Å². The van der Waals surface area contributed by atoms with Gasteiger partial charge in [0.2, 0.25) is 17.7 Å². The van der Waals surface area contributed by atoms with E-state index in [2.05, 4.69) is 9.97 Å². The average molecular weight is 479 g/mol. The smallest absolute Gasteiger partial charge is 0.241 e. The van der Waals surface area contributed by atoms with E-state index in [9.17, 15) is 18.8 Å². The summed E-state index contributed by atoms with van der Waals surface area (Å²) < 4.78 is 14.2. The van der Waals surface area contributed by atoms with E-state index in [0.717, 1.165) is 22.7 Å². The lowest BCUT2D eigenvalue weighted by atomic mass is 9.75. The molecule has 2 aliphatic rings. The van der Waals surface area contributed by atoms with E-state index < -0.39 is 17.1 Å². The topological polar surface area (TPSA) is 83.5 Å². The number of likely N-dealkylation sites (tertiary alicyclic amines) is 2. The van der Waals surface area contributed by atoms with Crippen molar-refractivity contribution in [1.29, 1.82) is 0 Å². The van der Waals surface area contributed by atoms with Crippen LogP contribution >= 0.6 is 11.3 Å². The first kappa shape index (κ1) is 22.3. The second kappa shape index (κ2) is 9.06. The Morgan fingerprint density at radius 3 is 2.82 bits per heavy atom. The minimum absolute atomic E-state index is 0.0578. The number of hydrogen-bond donors (Lipinski definition) is 0. The van der Waals surface area contributed by atoms with Gasteiger partial charge in [0.05, 0.1) is 18.0 Å². The van der Waals surface area contributed by atoms with Gasteiger partial charge in [-0.1, -0.05) is 18.2 Å². The molecule has 3 amide bonds. The van der Waals surface area contributed by atoms with Crippen molar-refractivity contribution in [3.05, 3.63) is 82.3 Å². The predicted octanol–water partition coefficient (Wildman–Crippen LogP) is 3.63. The van der Waals surface area contributed by atoms with Crippen molar-refractivity contribution >= 4 is 29.1 Å². The van der Waals surface area contributed by atoms with E-state index in [1.54, 1.807) is 41.7 Å². The molecule has 2 fully saturated rings. The molecular weight excluding hydrogens is 455 g/mol. The molecule has 9 heteroatoms. The predicted molar refractivity (Wildman–Crippen MR) is 123 cm³/mol. The highest BCUT2D eigenvalue weighted by atomic mass is 32.1. The molecule has 0 N–H and O–H groups in total. The Morgan fingerprint density at radius 1 is 1.21 bits per heavy atom. The third kappa shape index (κ3) is 4.00. The van der Waals surface area contributed by atoms with Gasteiger partial charge < -0.3 is 4.90 Å². The van der Waals surface area contributed by atoms with Crippen LogP contribution in [0.5, 0.6) is 0 Å². The number of carbonyl (C=O) groups is 3. The van der Waals surface area contributed by atoms with Crippen molar-refractivity contribution in [3.63, 3.8) is 0 Å². The number of thiazole rings is 1. The number of pyridine rings is 1. The van der Waals surface area contributed by atoms with Crippen LogP contribution in [0.4, 0.5) is 4.39 Å². The van der Waals surface area contributed by atoms with Crippen molar-refractivity contribution in [1.82, 2.24) is 19.8 Å². The lowest BCUT2D eigenvalue weighted by Gasteiger charge is -2.31. The largest absolute Gasteiger partial charge is 0.333 e. The molecule has 4 heterocycles. The maximum atomic E-state index is 14.2. The highest BCUT2D eigenvalue weighted by molar-refractivity contribution is 7.09. The number of imide groups is 1. The van der Waals surface area contributed by atoms with Gasteiger partial charge in [-0.25, -0.2) is 9.37 Å². The minimum Gasteiger partial charge on any atom is -0.333 e. The Balaban J connectivity index is 1.48. The summed E-state index contributed by atoms with van der Waals surface area (Å²) in [5.41, 5.74) is -0.402. The fraction of sp³-hybridized carbons (Fsp3) is 0.320. The summed E-state index contributed by atoms with van der Waals surface area (Å²) in [6.07, 6.45) is 6.17. The quantitative estimate of drug-likeness (QED) is 0.506. The van der Waals surface area contributed by atoms with Crippen LogP contribution in [0.15, 0.2) is 60.4 Å². The molecule has 0 aliphatic carbocycles. The molecule has 5 rings (SSSR count). The van der Waals surface area contributed by atoms with E-state index in [1.807, 2.05) is 5.38 Å². The Hall–Kier alpha value is -3.46. The molecule has 7 nitrogen and oxygen atoms in total. The van der Waals surface area contributed by atoms with Crippen LogP contribution in [0.1, 0.15) is 47.9 Å². The Labute approximate surface area is 200 Å². The first-order valence-corrected chi connectivity index (χ1v) is 12.0. The van der Waals surface area contributed by atoms with Gasteiger partial charge in [0.1, 0.15) is 10.8 Å². The van der Waals surface area contributed by atoms with Crippen molar-refractivity contribution < 1.29 is 18.8 Å². The van der Waals surface area contributed by atoms with Gasteiger partial charge in [-0.05, 0) is 42.2 Å². The molecule has 2 aliphatic heterocycles. The monoisotopic (exact) mass is 478 g/mol. The zero-order valence-electron chi connectivity index (χ0n) is 18.4. The molecule has 0 unspecified atom stereocenters. The van der Waals surface area contributed by atoms with Gasteiger partial charge in [-0.3, -0.25) is 24.3 Å². The standard InChI is InChI=1S/C25H23FN4O3S/c26-19-6-1-5-18(12-19)25(13-21(31)29-10-3-7-20(29)23-28-9-11-34-23)14-22(32)30(24(25)33)16-17-4-2-8-27-15-17/h1-2,4-6,8-9,11-12,15,20H,3,7,10,13-14,16H2/t20-,25-/m1/s1. The van der Waals surface area contributed by atoms with E-state index in [-0.39, 0.29) is 37.2 Å². The summed E-state index contributed by atoms with van der Waals surface area (Å²) in [5.74, 6) is -1.61. The van der Waals surface area contributed by atoms with Crippen LogP contribution in [-0.4, -0.2) is 44.0 Å². The highest BCUT2D eigenvalue weighted by Gasteiger charge is 2.54. The number of hydrogen-bond acceptors (Lipinski definition) is 6. The van der Waals surface area contributed by atoms with Crippen molar-refractivity contribution in [3.8, 4) is 0 Å². The molecule has 0 saturated carbocycles. The van der Waals surface area contributed by atoms with Crippen LogP contribution in [0.2, 0.25) is 0 Å². The lowest BCUT2D eigenvalue weighted by molar-refractivity contribution is -0.143. The van der Waals surface area contributed by atoms with Crippen LogP contribution in [0.25, 0.3) is 0 Å². The second-order valence-corrected chi connectivity index (χ2v) is 9.63. The molecule has 0 radical (unpaired) electrons. The summed E-state index contributed by atoms with van der Waals surface area (Å²) in [6, 6.07) is 9.04. The second-order valence-electron chi connectivity index (χ2n) is 8.71. The van der Waals surface area contributed by atoms with Crippen LogP contribution < -0.4 is 0 Å². The van der Waals surface area contributed by atoms with Gasteiger partial charge in [0.15, 0.2) is 0 Å². The SMILES string of the molecule is O=C1C[C@](CC(=O)N2CCC[C@@H]2c2nccs2)(c2cccc(F)c2)C(=O)N1Cc1cccnc1. The molecule has 3 aromatic rings. The summed E-state index contributed by atoms with van der Waals surface area (Å²) in [5, 5.41) is 2.73. The molecule has 0 bridgehead atoms. The zero-order valence-corrected chi connectivity index (χ0v) is 19.2. The third-order valence-corrected chi connectivity index (χ3v) is 7.49. The minimum atomic E-state index is -1.45. The number of aromatic nitrogens is 2. The molecule has 2 aromatic heterocycles. The number of halogens is 1. The normalized spacial score (nSPS) is 22.6. The maximum Gasteiger partial charge on any atom is 0.241 e. The Bertz CT molecular complexity index is 1220.